The van der Waals surface area contributed by atoms with Crippen LogP contribution in [0, 0.1) is 0 Å². The summed E-state index contributed by atoms with van der Waals surface area (Å²) in [5.74, 6) is 0.990. The zero-order valence-corrected chi connectivity index (χ0v) is 22.1. The Hall–Kier alpha value is -3.43. The standard InChI is InChI=1S/C26H29ClN2O6S/c1-5-35-25-9-7-6-8-23(25)29(36(31,32)21-13-10-19(27)11-14-21)17-26(30)28-18(2)22-16-20(33-3)12-15-24(22)34-4/h6-16,18H,5,17H2,1-4H3,(H,28,30). The van der Waals surface area contributed by atoms with Gasteiger partial charge in [0.2, 0.25) is 5.91 Å². The average molecular weight is 533 g/mol. The first-order valence-corrected chi connectivity index (χ1v) is 13.0. The van der Waals surface area contributed by atoms with Crippen LogP contribution in [0.3, 0.4) is 0 Å². The van der Waals surface area contributed by atoms with Gasteiger partial charge in [-0.3, -0.25) is 9.10 Å². The summed E-state index contributed by atoms with van der Waals surface area (Å²) in [4.78, 5) is 13.2. The van der Waals surface area contributed by atoms with E-state index in [2.05, 4.69) is 5.32 Å². The van der Waals surface area contributed by atoms with Gasteiger partial charge >= 0.3 is 0 Å². The Kier molecular flexibility index (Phi) is 9.06. The van der Waals surface area contributed by atoms with E-state index in [0.717, 1.165) is 4.31 Å². The first kappa shape index (κ1) is 27.2. The van der Waals surface area contributed by atoms with Gasteiger partial charge in [-0.1, -0.05) is 23.7 Å². The van der Waals surface area contributed by atoms with Crippen molar-refractivity contribution in [2.45, 2.75) is 24.8 Å². The molecule has 1 amide bonds. The predicted octanol–water partition coefficient (Wildman–Crippen LogP) is 4.83. The van der Waals surface area contributed by atoms with Crippen LogP contribution in [0.1, 0.15) is 25.5 Å². The number of rotatable bonds is 11. The molecule has 0 aromatic heterocycles. The summed E-state index contributed by atoms with van der Waals surface area (Å²) in [5.41, 5.74) is 0.933. The molecule has 0 fully saturated rings. The topological polar surface area (TPSA) is 94.2 Å². The highest BCUT2D eigenvalue weighted by atomic mass is 35.5. The lowest BCUT2D eigenvalue weighted by Gasteiger charge is -2.27. The van der Waals surface area contributed by atoms with Crippen LogP contribution in [0.25, 0.3) is 0 Å². The normalized spacial score (nSPS) is 11.9. The minimum atomic E-state index is -4.14. The molecule has 1 unspecified atom stereocenters. The zero-order chi connectivity index (χ0) is 26.3. The molecule has 0 saturated heterocycles. The van der Waals surface area contributed by atoms with Crippen molar-refractivity contribution < 1.29 is 27.4 Å². The Morgan fingerprint density at radius 3 is 2.33 bits per heavy atom. The number of benzene rings is 3. The number of nitrogens with zero attached hydrogens (tertiary/aromatic N) is 1. The van der Waals surface area contributed by atoms with Crippen molar-refractivity contribution in [3.8, 4) is 17.2 Å². The molecule has 36 heavy (non-hydrogen) atoms. The molecule has 1 N–H and O–H groups in total. The molecule has 0 aliphatic carbocycles. The average Bonchev–Trinajstić information content (AvgIpc) is 2.87. The van der Waals surface area contributed by atoms with Gasteiger partial charge in [0.1, 0.15) is 23.8 Å². The van der Waals surface area contributed by atoms with Crippen LogP contribution < -0.4 is 23.8 Å². The smallest absolute Gasteiger partial charge is 0.264 e. The van der Waals surface area contributed by atoms with E-state index < -0.39 is 28.5 Å². The summed E-state index contributed by atoms with van der Waals surface area (Å²) < 4.78 is 44.8. The second-order valence-corrected chi connectivity index (χ2v) is 10.1. The molecule has 3 aromatic rings. The van der Waals surface area contributed by atoms with Crippen LogP contribution in [0.15, 0.2) is 71.6 Å². The number of ether oxygens (including phenoxy) is 3. The van der Waals surface area contributed by atoms with Crippen LogP contribution in [-0.4, -0.2) is 41.7 Å². The third kappa shape index (κ3) is 6.22. The first-order chi connectivity index (χ1) is 17.2. The number of sulfonamides is 1. The molecule has 3 aromatic carbocycles. The van der Waals surface area contributed by atoms with Gasteiger partial charge in [-0.05, 0) is 68.4 Å². The molecular weight excluding hydrogens is 504 g/mol. The number of methoxy groups -OCH3 is 2. The lowest BCUT2D eigenvalue weighted by molar-refractivity contribution is -0.120. The van der Waals surface area contributed by atoms with E-state index in [0.29, 0.717) is 34.4 Å². The summed E-state index contributed by atoms with van der Waals surface area (Å²) in [5, 5.41) is 3.26. The van der Waals surface area contributed by atoms with Crippen molar-refractivity contribution in [3.63, 3.8) is 0 Å². The van der Waals surface area contributed by atoms with E-state index in [1.165, 1.54) is 31.4 Å². The van der Waals surface area contributed by atoms with Crippen molar-refractivity contribution >= 4 is 33.2 Å². The second-order valence-electron chi connectivity index (χ2n) is 7.76. The molecule has 0 aliphatic heterocycles. The summed E-state index contributed by atoms with van der Waals surface area (Å²) in [7, 11) is -1.06. The lowest BCUT2D eigenvalue weighted by Crippen LogP contribution is -2.41. The van der Waals surface area contributed by atoms with E-state index in [4.69, 9.17) is 25.8 Å². The summed E-state index contributed by atoms with van der Waals surface area (Å²) in [6, 6.07) is 17.2. The molecule has 8 nitrogen and oxygen atoms in total. The van der Waals surface area contributed by atoms with Gasteiger partial charge in [0, 0.05) is 10.6 Å². The molecule has 0 radical (unpaired) electrons. The Morgan fingerprint density at radius 1 is 1.00 bits per heavy atom. The maximum atomic E-state index is 13.7. The molecule has 0 saturated carbocycles. The number of halogens is 1. The van der Waals surface area contributed by atoms with Crippen LogP contribution in [0.4, 0.5) is 5.69 Å². The van der Waals surface area contributed by atoms with Gasteiger partial charge in [-0.25, -0.2) is 8.42 Å². The Labute approximate surface area is 216 Å². The van der Waals surface area contributed by atoms with Crippen LogP contribution >= 0.6 is 11.6 Å². The fourth-order valence-corrected chi connectivity index (χ4v) is 5.20. The third-order valence-electron chi connectivity index (χ3n) is 5.40. The highest BCUT2D eigenvalue weighted by molar-refractivity contribution is 7.92. The number of carbonyl (C=O) groups is 1. The maximum absolute atomic E-state index is 13.7. The van der Waals surface area contributed by atoms with Gasteiger partial charge < -0.3 is 19.5 Å². The number of nitrogens with one attached hydrogen (secondary N) is 1. The molecular formula is C26H29ClN2O6S. The SMILES string of the molecule is CCOc1ccccc1N(CC(=O)NC(C)c1cc(OC)ccc1OC)S(=O)(=O)c1ccc(Cl)cc1. The van der Waals surface area contributed by atoms with Crippen LogP contribution in [-0.2, 0) is 14.8 Å². The molecule has 10 heteroatoms. The Balaban J connectivity index is 1.96. The first-order valence-electron chi connectivity index (χ1n) is 11.2. The third-order valence-corrected chi connectivity index (χ3v) is 7.43. The number of anilines is 1. The van der Waals surface area contributed by atoms with Crippen molar-refractivity contribution in [3.05, 3.63) is 77.3 Å². The highest BCUT2D eigenvalue weighted by Crippen LogP contribution is 2.33. The highest BCUT2D eigenvalue weighted by Gasteiger charge is 2.30. The van der Waals surface area contributed by atoms with Gasteiger partial charge in [0.15, 0.2) is 0 Å². The summed E-state index contributed by atoms with van der Waals surface area (Å²) in [6.07, 6.45) is 0. The largest absolute Gasteiger partial charge is 0.497 e. The van der Waals surface area contributed by atoms with Gasteiger partial charge in [-0.2, -0.15) is 0 Å². The minimum absolute atomic E-state index is 0.00600. The molecule has 0 heterocycles. The van der Waals surface area contributed by atoms with Crippen molar-refractivity contribution in [1.29, 1.82) is 0 Å². The van der Waals surface area contributed by atoms with E-state index >= 15 is 0 Å². The Bertz CT molecular complexity index is 1300. The number of amides is 1. The number of para-hydroxylation sites is 2. The molecule has 192 valence electrons. The van der Waals surface area contributed by atoms with Crippen molar-refractivity contribution in [2.24, 2.45) is 0 Å². The van der Waals surface area contributed by atoms with E-state index in [1.54, 1.807) is 63.4 Å². The second kappa shape index (κ2) is 12.0. The molecule has 0 spiro atoms. The van der Waals surface area contributed by atoms with Crippen molar-refractivity contribution in [2.75, 3.05) is 31.7 Å². The van der Waals surface area contributed by atoms with Gasteiger partial charge in [0.05, 0.1) is 37.5 Å². The minimum Gasteiger partial charge on any atom is -0.497 e. The monoisotopic (exact) mass is 532 g/mol. The molecule has 3 rings (SSSR count). The van der Waals surface area contributed by atoms with Crippen LogP contribution in [0.2, 0.25) is 5.02 Å². The van der Waals surface area contributed by atoms with Crippen LogP contribution in [0.5, 0.6) is 17.2 Å². The van der Waals surface area contributed by atoms with Gasteiger partial charge in [-0.15, -0.1) is 0 Å². The van der Waals surface area contributed by atoms with E-state index in [1.807, 2.05) is 0 Å². The predicted molar refractivity (Wildman–Crippen MR) is 140 cm³/mol. The number of hydrogen-bond donors (Lipinski definition) is 1. The summed E-state index contributed by atoms with van der Waals surface area (Å²) in [6.45, 7) is 3.42. The van der Waals surface area contributed by atoms with E-state index in [9.17, 15) is 13.2 Å². The van der Waals surface area contributed by atoms with E-state index in [-0.39, 0.29) is 10.6 Å². The van der Waals surface area contributed by atoms with Crippen molar-refractivity contribution in [1.82, 2.24) is 5.32 Å². The quantitative estimate of drug-likeness (QED) is 0.380. The van der Waals surface area contributed by atoms with Gasteiger partial charge in [0.25, 0.3) is 10.0 Å². The molecule has 1 atom stereocenters. The Morgan fingerprint density at radius 2 is 1.69 bits per heavy atom. The lowest BCUT2D eigenvalue weighted by atomic mass is 10.1. The fraction of sp³-hybridized carbons (Fsp3) is 0.269. The molecule has 0 aliphatic rings. The number of hydrogen-bond acceptors (Lipinski definition) is 6. The molecule has 0 bridgehead atoms. The maximum Gasteiger partial charge on any atom is 0.264 e. The summed E-state index contributed by atoms with van der Waals surface area (Å²) >= 11 is 5.96. The zero-order valence-electron chi connectivity index (χ0n) is 20.5. The fourth-order valence-electron chi connectivity index (χ4n) is 3.65. The number of carbonyl (C=O) groups excluding carboxylic acids is 1.